The molecule has 4 rings (SSSR count). The Balaban J connectivity index is 1.77. The van der Waals surface area contributed by atoms with Gasteiger partial charge in [0.05, 0.1) is 10.6 Å². The maximum atomic E-state index is 14.4. The van der Waals surface area contributed by atoms with Gasteiger partial charge in [-0.25, -0.2) is 8.42 Å². The van der Waals surface area contributed by atoms with Gasteiger partial charge >= 0.3 is 0 Å². The van der Waals surface area contributed by atoms with E-state index in [4.69, 9.17) is 0 Å². The van der Waals surface area contributed by atoms with E-state index in [-0.39, 0.29) is 23.8 Å². The summed E-state index contributed by atoms with van der Waals surface area (Å²) in [5.41, 5.74) is 2.06. The lowest BCUT2D eigenvalue weighted by molar-refractivity contribution is -0.140. The highest BCUT2D eigenvalue weighted by atomic mass is 127. The van der Waals surface area contributed by atoms with Crippen LogP contribution in [0.15, 0.2) is 119 Å². The Morgan fingerprint density at radius 1 is 0.841 bits per heavy atom. The molecule has 0 aliphatic heterocycles. The van der Waals surface area contributed by atoms with E-state index in [1.807, 2.05) is 61.5 Å². The van der Waals surface area contributed by atoms with Crippen LogP contribution in [0.4, 0.5) is 5.69 Å². The number of amides is 2. The molecule has 0 fully saturated rings. The number of nitrogens with one attached hydrogen (secondary N) is 1. The Morgan fingerprint density at radius 3 is 2.07 bits per heavy atom. The fourth-order valence-electron chi connectivity index (χ4n) is 4.70. The lowest BCUT2D eigenvalue weighted by Gasteiger charge is -2.34. The quantitative estimate of drug-likeness (QED) is 0.113. The van der Waals surface area contributed by atoms with Crippen LogP contribution in [0, 0.1) is 3.57 Å². The minimum atomic E-state index is -4.12. The molecule has 44 heavy (non-hydrogen) atoms. The Kier molecular flexibility index (Phi) is 12.4. The summed E-state index contributed by atoms with van der Waals surface area (Å²) in [6.45, 7) is 2.17. The van der Waals surface area contributed by atoms with Crippen molar-refractivity contribution in [2.24, 2.45) is 0 Å². The van der Waals surface area contributed by atoms with Crippen molar-refractivity contribution in [3.05, 3.63) is 128 Å². The molecule has 0 aliphatic carbocycles. The molecule has 230 valence electrons. The molecule has 0 aliphatic rings. The van der Waals surface area contributed by atoms with E-state index in [0.717, 1.165) is 36.3 Å². The number of halogens is 2. The van der Waals surface area contributed by atoms with Gasteiger partial charge in [0.2, 0.25) is 11.8 Å². The second kappa shape index (κ2) is 16.2. The van der Waals surface area contributed by atoms with E-state index >= 15 is 0 Å². The zero-order valence-electron chi connectivity index (χ0n) is 24.4. The Hall–Kier alpha value is -3.22. The van der Waals surface area contributed by atoms with Gasteiger partial charge in [-0.1, -0.05) is 89.9 Å². The zero-order chi connectivity index (χ0) is 31.5. The van der Waals surface area contributed by atoms with Crippen molar-refractivity contribution in [3.8, 4) is 0 Å². The number of carbonyl (C=O) groups is 2. The molecule has 7 nitrogen and oxygen atoms in total. The average molecular weight is 789 g/mol. The van der Waals surface area contributed by atoms with Crippen LogP contribution in [0.5, 0.6) is 0 Å². The molecule has 0 aromatic heterocycles. The van der Waals surface area contributed by atoms with Crippen molar-refractivity contribution >= 4 is 66.0 Å². The van der Waals surface area contributed by atoms with Crippen LogP contribution < -0.4 is 9.62 Å². The highest BCUT2D eigenvalue weighted by Gasteiger charge is 2.34. The molecule has 1 N–H and O–H groups in total. The van der Waals surface area contributed by atoms with Gasteiger partial charge in [0.1, 0.15) is 12.6 Å². The predicted molar refractivity (Wildman–Crippen MR) is 187 cm³/mol. The van der Waals surface area contributed by atoms with Gasteiger partial charge in [-0.2, -0.15) is 0 Å². The van der Waals surface area contributed by atoms with Gasteiger partial charge in [0, 0.05) is 27.6 Å². The normalized spacial score (nSPS) is 11.9. The largest absolute Gasteiger partial charge is 0.354 e. The minimum Gasteiger partial charge on any atom is -0.354 e. The minimum absolute atomic E-state index is 0.0731. The van der Waals surface area contributed by atoms with Gasteiger partial charge < -0.3 is 10.2 Å². The van der Waals surface area contributed by atoms with Crippen molar-refractivity contribution in [2.45, 2.75) is 43.7 Å². The molecule has 4 aromatic carbocycles. The summed E-state index contributed by atoms with van der Waals surface area (Å²) in [6, 6.07) is 31.2. The van der Waals surface area contributed by atoms with Crippen molar-refractivity contribution in [2.75, 3.05) is 17.4 Å². The van der Waals surface area contributed by atoms with Crippen molar-refractivity contribution < 1.29 is 18.0 Å². The van der Waals surface area contributed by atoms with E-state index in [0.29, 0.717) is 12.2 Å². The molecule has 0 bridgehead atoms. The SMILES string of the molecule is CCCCNC(=O)C(Cc1ccccc1)N(Cc1ccc(Br)cc1)C(=O)CN(c1ccc(I)cc1)S(=O)(=O)c1ccccc1. The first kappa shape index (κ1) is 33.7. The molecule has 1 atom stereocenters. The monoisotopic (exact) mass is 787 g/mol. The molecule has 4 aromatic rings. The third-order valence-electron chi connectivity index (χ3n) is 7.09. The van der Waals surface area contributed by atoms with E-state index < -0.39 is 28.5 Å². The lowest BCUT2D eigenvalue weighted by Crippen LogP contribution is -2.53. The summed E-state index contributed by atoms with van der Waals surface area (Å²) in [5.74, 6) is -0.767. The summed E-state index contributed by atoms with van der Waals surface area (Å²) in [4.78, 5) is 29.8. The maximum absolute atomic E-state index is 14.4. The number of carbonyl (C=O) groups excluding carboxylic acids is 2. The number of hydrogen-bond donors (Lipinski definition) is 1. The first-order valence-corrected chi connectivity index (χ1v) is 17.7. The number of benzene rings is 4. The molecule has 1 unspecified atom stereocenters. The Labute approximate surface area is 282 Å². The summed E-state index contributed by atoms with van der Waals surface area (Å²) in [5, 5.41) is 3.01. The number of rotatable bonds is 14. The van der Waals surface area contributed by atoms with Gasteiger partial charge in [0.15, 0.2) is 0 Å². The summed E-state index contributed by atoms with van der Waals surface area (Å²) < 4.78 is 31.0. The molecule has 0 saturated heterocycles. The molecule has 0 heterocycles. The fraction of sp³-hybridized carbons (Fsp3) is 0.235. The van der Waals surface area contributed by atoms with Crippen LogP contribution in [0.1, 0.15) is 30.9 Å². The van der Waals surface area contributed by atoms with Gasteiger partial charge in [-0.3, -0.25) is 13.9 Å². The third kappa shape index (κ3) is 9.15. The molecule has 10 heteroatoms. The van der Waals surface area contributed by atoms with Crippen molar-refractivity contribution in [1.29, 1.82) is 0 Å². The van der Waals surface area contributed by atoms with Crippen LogP contribution in [0.3, 0.4) is 0 Å². The first-order chi connectivity index (χ1) is 21.2. The molecule has 0 saturated carbocycles. The molecule has 2 amide bonds. The van der Waals surface area contributed by atoms with Gasteiger partial charge in [0.25, 0.3) is 10.0 Å². The topological polar surface area (TPSA) is 86.8 Å². The molecular weight excluding hydrogens is 753 g/mol. The predicted octanol–water partition coefficient (Wildman–Crippen LogP) is 6.81. The Bertz CT molecular complexity index is 1620. The summed E-state index contributed by atoms with van der Waals surface area (Å²) in [7, 11) is -4.12. The number of sulfonamides is 1. The Morgan fingerprint density at radius 2 is 1.45 bits per heavy atom. The van der Waals surface area contributed by atoms with Crippen LogP contribution in [-0.2, 0) is 32.6 Å². The average Bonchev–Trinajstić information content (AvgIpc) is 3.03. The van der Waals surface area contributed by atoms with Crippen molar-refractivity contribution in [1.82, 2.24) is 10.2 Å². The van der Waals surface area contributed by atoms with Crippen LogP contribution in [0.25, 0.3) is 0 Å². The standard InChI is InChI=1S/C34H35BrIN3O4S/c1-2-3-22-37-34(41)32(23-26-10-6-4-7-11-26)38(24-27-14-16-28(35)17-15-27)33(40)25-39(30-20-18-29(36)19-21-30)44(42,43)31-12-8-5-9-13-31/h4-21,32H,2-3,22-25H2,1H3,(H,37,41). The number of anilines is 1. The zero-order valence-corrected chi connectivity index (χ0v) is 29.0. The van der Waals surface area contributed by atoms with Crippen molar-refractivity contribution in [3.63, 3.8) is 0 Å². The number of nitrogens with zero attached hydrogens (tertiary/aromatic N) is 2. The van der Waals surface area contributed by atoms with E-state index in [9.17, 15) is 18.0 Å². The van der Waals surface area contributed by atoms with Crippen LogP contribution in [0.2, 0.25) is 0 Å². The summed E-state index contributed by atoms with van der Waals surface area (Å²) in [6.07, 6.45) is 1.99. The lowest BCUT2D eigenvalue weighted by atomic mass is 10.0. The number of hydrogen-bond acceptors (Lipinski definition) is 4. The third-order valence-corrected chi connectivity index (χ3v) is 10.1. The van der Waals surface area contributed by atoms with E-state index in [2.05, 4.69) is 43.8 Å². The summed E-state index contributed by atoms with van der Waals surface area (Å²) >= 11 is 5.61. The molecule has 0 spiro atoms. The smallest absolute Gasteiger partial charge is 0.264 e. The van der Waals surface area contributed by atoms with E-state index in [1.165, 1.54) is 17.0 Å². The molecular formula is C34H35BrIN3O4S. The highest BCUT2D eigenvalue weighted by molar-refractivity contribution is 14.1. The van der Waals surface area contributed by atoms with Crippen LogP contribution in [-0.4, -0.2) is 44.3 Å². The van der Waals surface area contributed by atoms with Gasteiger partial charge in [-0.05, 0) is 88.7 Å². The number of unbranched alkanes of at least 4 members (excludes halogenated alkanes) is 1. The van der Waals surface area contributed by atoms with E-state index in [1.54, 1.807) is 42.5 Å². The second-order valence-electron chi connectivity index (χ2n) is 10.3. The highest BCUT2D eigenvalue weighted by Crippen LogP contribution is 2.26. The first-order valence-electron chi connectivity index (χ1n) is 14.4. The fourth-order valence-corrected chi connectivity index (χ4v) is 6.76. The maximum Gasteiger partial charge on any atom is 0.264 e. The molecule has 0 radical (unpaired) electrons. The second-order valence-corrected chi connectivity index (χ2v) is 14.3. The van der Waals surface area contributed by atoms with Gasteiger partial charge in [-0.15, -0.1) is 0 Å². The van der Waals surface area contributed by atoms with Crippen LogP contribution >= 0.6 is 38.5 Å².